The molecule has 0 aliphatic rings. The van der Waals surface area contributed by atoms with Crippen LogP contribution in [0.15, 0.2) is 68.6 Å². The van der Waals surface area contributed by atoms with Crippen molar-refractivity contribution in [2.24, 2.45) is 10.2 Å². The molecule has 1 heterocycles. The molecule has 3 aromatic carbocycles. The van der Waals surface area contributed by atoms with Crippen molar-refractivity contribution >= 4 is 61.5 Å². The Hall–Kier alpha value is -4.00. The second-order valence-corrected chi connectivity index (χ2v) is 9.26. The van der Waals surface area contributed by atoms with Gasteiger partial charge in [0.1, 0.15) is 27.8 Å². The van der Waals surface area contributed by atoms with Crippen molar-refractivity contribution in [2.75, 3.05) is 11.1 Å². The van der Waals surface area contributed by atoms with Crippen molar-refractivity contribution in [1.29, 1.82) is 0 Å². The van der Waals surface area contributed by atoms with E-state index in [2.05, 4.69) is 34.9 Å². The number of anilines is 3. The Kier molecular flexibility index (Phi) is 7.43. The Morgan fingerprint density at radius 3 is 2.54 bits per heavy atom. The zero-order valence-corrected chi connectivity index (χ0v) is 19.7. The first kappa shape index (κ1) is 26.1. The summed E-state index contributed by atoms with van der Waals surface area (Å²) in [6, 6.07) is 9.91. The number of nitrogen functional groups attached to an aromatic ring is 1. The molecule has 192 valence electrons. The van der Waals surface area contributed by atoms with Crippen LogP contribution in [0.25, 0.3) is 10.8 Å². The molecule has 0 fully saturated rings. The third kappa shape index (κ3) is 6.05. The van der Waals surface area contributed by atoms with Crippen molar-refractivity contribution in [3.8, 4) is 5.75 Å². The number of aromatic hydroxyl groups is 1. The van der Waals surface area contributed by atoms with E-state index in [1.54, 1.807) is 12.1 Å². The van der Waals surface area contributed by atoms with Crippen LogP contribution in [-0.4, -0.2) is 33.3 Å². The number of nitrogens with two attached hydrogens (primary N) is 1. The Morgan fingerprint density at radius 1 is 1.05 bits per heavy atom. The van der Waals surface area contributed by atoms with Gasteiger partial charge < -0.3 is 16.2 Å². The molecule has 0 saturated carbocycles. The van der Waals surface area contributed by atoms with Crippen molar-refractivity contribution < 1.29 is 41.5 Å². The molecule has 37 heavy (non-hydrogen) atoms. The van der Waals surface area contributed by atoms with Crippen LogP contribution in [-0.2, 0) is 19.5 Å². The highest BCUT2D eigenvalue weighted by Crippen LogP contribution is 2.42. The van der Waals surface area contributed by atoms with Gasteiger partial charge in [-0.1, -0.05) is 11.1 Å². The fourth-order valence-corrected chi connectivity index (χ4v) is 4.27. The molecule has 0 amide bonds. The van der Waals surface area contributed by atoms with Crippen LogP contribution in [0.1, 0.15) is 0 Å². The Balaban J connectivity index is 1.78. The molecule has 0 aliphatic carbocycles. The number of hydrogen-bond donors (Lipinski definition) is 5. The van der Waals surface area contributed by atoms with Crippen LogP contribution in [0.2, 0.25) is 0 Å². The predicted octanol–water partition coefficient (Wildman–Crippen LogP) is 5.03. The smallest absolute Gasteiger partial charge is 0.313 e. The van der Waals surface area contributed by atoms with E-state index in [0.717, 1.165) is 18.2 Å². The summed E-state index contributed by atoms with van der Waals surface area (Å²) >= 11 is 0.603. The highest BCUT2D eigenvalue weighted by molar-refractivity contribution is 7.94. The number of nitrogens with zero attached hydrogens (tertiary/aromatic N) is 4. The van der Waals surface area contributed by atoms with Crippen molar-refractivity contribution in [3.05, 3.63) is 60.6 Å². The van der Waals surface area contributed by atoms with E-state index in [-0.39, 0.29) is 39.7 Å². The maximum atomic E-state index is 13.4. The van der Waals surface area contributed by atoms with Gasteiger partial charge in [0, 0.05) is 16.6 Å². The molecular weight excluding hydrogens is 538 g/mol. The van der Waals surface area contributed by atoms with Gasteiger partial charge in [-0.3, -0.25) is 4.55 Å². The lowest BCUT2D eigenvalue weighted by Crippen LogP contribution is -2.02. The normalized spacial score (nSPS) is 11.9. The van der Waals surface area contributed by atoms with Crippen molar-refractivity contribution in [3.63, 3.8) is 0 Å². The number of azo groups is 1. The monoisotopic (exact) mass is 552 g/mol. The largest absolute Gasteiger partial charge is 0.507 e. The molecule has 0 saturated heterocycles. The highest BCUT2D eigenvalue weighted by atomic mass is 32.2. The van der Waals surface area contributed by atoms with Gasteiger partial charge in [0.15, 0.2) is 0 Å². The van der Waals surface area contributed by atoms with E-state index < -0.39 is 27.0 Å². The van der Waals surface area contributed by atoms with E-state index in [4.69, 9.17) is 11.0 Å². The molecule has 0 aliphatic heterocycles. The molecule has 0 radical (unpaired) electrons. The third-order valence-electron chi connectivity index (χ3n) is 4.67. The lowest BCUT2D eigenvalue weighted by Gasteiger charge is -2.10. The quantitative estimate of drug-likeness (QED) is 0.0285. The zero-order chi connectivity index (χ0) is 26.7. The summed E-state index contributed by atoms with van der Waals surface area (Å²) < 4.78 is 64.5. The first-order chi connectivity index (χ1) is 17.5. The minimum absolute atomic E-state index is 0.0366. The van der Waals surface area contributed by atoms with Gasteiger partial charge in [0.2, 0.25) is 5.95 Å². The summed E-state index contributed by atoms with van der Waals surface area (Å²) in [7, 11) is -4.77. The van der Waals surface area contributed by atoms with Gasteiger partial charge in [-0.15, -0.1) is 14.6 Å². The van der Waals surface area contributed by atoms with E-state index in [1.807, 2.05) is 0 Å². The third-order valence-corrected chi connectivity index (χ3v) is 6.13. The Bertz CT molecular complexity index is 1620. The highest BCUT2D eigenvalue weighted by Gasteiger charge is 2.18. The summed E-state index contributed by atoms with van der Waals surface area (Å²) in [6.07, 6.45) is -1.33. The summed E-state index contributed by atoms with van der Waals surface area (Å²) in [5.41, 5.74) is 5.75. The maximum absolute atomic E-state index is 13.4. The molecule has 4 aromatic rings. The van der Waals surface area contributed by atoms with Crippen LogP contribution in [0, 0.1) is 12.0 Å². The SMILES string of the molecule is Nc1ccc2cc(SOOO)cc(O)c2c1N=Nc1cc(Nc2cc(F)nc(F)n2)ccc1S(=O)(=O)O. The lowest BCUT2D eigenvalue weighted by molar-refractivity contribution is -0.432. The fourth-order valence-electron chi connectivity index (χ4n) is 3.22. The summed E-state index contributed by atoms with van der Waals surface area (Å²) in [5.74, 6) is -1.73. The van der Waals surface area contributed by atoms with Gasteiger partial charge in [0.25, 0.3) is 10.1 Å². The first-order valence-electron chi connectivity index (χ1n) is 9.75. The van der Waals surface area contributed by atoms with Gasteiger partial charge in [0.05, 0.1) is 23.1 Å². The number of hydrogen-bond acceptors (Lipinski definition) is 13. The molecule has 13 nitrogen and oxygen atoms in total. The summed E-state index contributed by atoms with van der Waals surface area (Å²) in [5, 5.41) is 33.4. The van der Waals surface area contributed by atoms with Crippen LogP contribution in [0.3, 0.4) is 0 Å². The number of halogens is 2. The van der Waals surface area contributed by atoms with Gasteiger partial charge in [-0.25, -0.2) is 5.26 Å². The maximum Gasteiger partial charge on any atom is 0.313 e. The molecule has 0 unspecified atom stereocenters. The molecule has 4 rings (SSSR count). The van der Waals surface area contributed by atoms with E-state index in [9.17, 15) is 26.9 Å². The number of fused-ring (bicyclic) bond motifs is 1. The number of rotatable bonds is 8. The molecular formula is C20H14F2N6O7S2. The first-order valence-corrected chi connectivity index (χ1v) is 11.9. The number of nitrogens with one attached hydrogen (secondary N) is 1. The fraction of sp³-hybridized carbons (Fsp3) is 0. The Morgan fingerprint density at radius 2 is 1.84 bits per heavy atom. The van der Waals surface area contributed by atoms with Crippen LogP contribution in [0.5, 0.6) is 5.75 Å². The van der Waals surface area contributed by atoms with Gasteiger partial charge in [-0.05, 0) is 41.8 Å². The molecule has 17 heteroatoms. The minimum atomic E-state index is -4.77. The van der Waals surface area contributed by atoms with E-state index in [1.165, 1.54) is 18.2 Å². The molecule has 0 bridgehead atoms. The molecule has 6 N–H and O–H groups in total. The lowest BCUT2D eigenvalue weighted by atomic mass is 10.1. The molecule has 1 aromatic heterocycles. The average Bonchev–Trinajstić information content (AvgIpc) is 2.81. The van der Waals surface area contributed by atoms with Crippen molar-refractivity contribution in [2.45, 2.75) is 9.79 Å². The van der Waals surface area contributed by atoms with E-state index in [0.29, 0.717) is 22.3 Å². The number of benzene rings is 3. The minimum Gasteiger partial charge on any atom is -0.507 e. The van der Waals surface area contributed by atoms with Crippen LogP contribution < -0.4 is 11.1 Å². The Labute approximate surface area is 210 Å². The second kappa shape index (κ2) is 10.5. The average molecular weight is 552 g/mol. The summed E-state index contributed by atoms with van der Waals surface area (Å²) in [4.78, 5) is 5.96. The van der Waals surface area contributed by atoms with Gasteiger partial charge >= 0.3 is 6.08 Å². The molecule has 0 atom stereocenters. The number of aromatic nitrogens is 2. The van der Waals surface area contributed by atoms with Gasteiger partial charge in [-0.2, -0.15) is 27.2 Å². The standard InChI is InChI=1S/C20H14F2N6O7S2/c21-16-8-17(26-20(22)25-16)24-10-2-4-15(37(31,32)33)13(6-10)27-28-19-12(23)3-1-9-5-11(36-35-34-30)7-14(29)18(9)19/h1-8,29-30H,23H2,(H,24,25,26)(H,31,32,33). The number of phenols is 1. The predicted molar refractivity (Wildman–Crippen MR) is 126 cm³/mol. The summed E-state index contributed by atoms with van der Waals surface area (Å²) in [6.45, 7) is 0. The van der Waals surface area contributed by atoms with Crippen LogP contribution in [0.4, 0.5) is 37.3 Å². The number of phenolic OH excluding ortho intramolecular Hbond substituents is 1. The van der Waals surface area contributed by atoms with Crippen molar-refractivity contribution in [1.82, 2.24) is 9.97 Å². The molecule has 0 spiro atoms. The zero-order valence-electron chi connectivity index (χ0n) is 18.0. The topological polar surface area (TPSA) is 202 Å². The second-order valence-electron chi connectivity index (χ2n) is 7.10. The van der Waals surface area contributed by atoms with E-state index >= 15 is 0 Å². The van der Waals surface area contributed by atoms with Crippen LogP contribution >= 0.6 is 12.0 Å².